The molecule has 0 atom stereocenters. The van der Waals surface area contributed by atoms with Crippen molar-refractivity contribution in [1.29, 1.82) is 0 Å². The van der Waals surface area contributed by atoms with E-state index >= 15 is 0 Å². The van der Waals surface area contributed by atoms with Gasteiger partial charge in [0.1, 0.15) is 4.90 Å². The summed E-state index contributed by atoms with van der Waals surface area (Å²) in [5.74, 6) is 0. The van der Waals surface area contributed by atoms with Gasteiger partial charge in [0.25, 0.3) is 10.0 Å². The first-order chi connectivity index (χ1) is 12.0. The Bertz CT molecular complexity index is 1200. The first-order valence-electron chi connectivity index (χ1n) is 7.45. The van der Waals surface area contributed by atoms with Crippen LogP contribution in [-0.2, 0) is 10.0 Å². The normalized spacial score (nSPS) is 11.7. The van der Waals surface area contributed by atoms with E-state index in [4.69, 9.17) is 0 Å². The summed E-state index contributed by atoms with van der Waals surface area (Å²) in [6, 6.07) is 16.0. The van der Waals surface area contributed by atoms with Gasteiger partial charge in [0.05, 0.1) is 16.7 Å². The topological polar surface area (TPSA) is 72.0 Å². The smallest absolute Gasteiger partial charge is 0.264 e. The van der Waals surface area contributed by atoms with Crippen LogP contribution in [0.4, 0.5) is 5.69 Å². The second-order valence-corrected chi connectivity index (χ2v) is 8.03. The minimum Gasteiger partial charge on any atom is -0.277 e. The Balaban J connectivity index is 1.88. The molecule has 2 aromatic heterocycles. The van der Waals surface area contributed by atoms with Crippen molar-refractivity contribution in [3.05, 3.63) is 71.5 Å². The van der Waals surface area contributed by atoms with Gasteiger partial charge in [-0.1, -0.05) is 40.2 Å². The highest BCUT2D eigenvalue weighted by Crippen LogP contribution is 2.29. The third-order valence-corrected chi connectivity index (χ3v) is 5.65. The Morgan fingerprint density at radius 3 is 2.32 bits per heavy atom. The molecule has 0 saturated carbocycles. The number of nitrogens with one attached hydrogen (secondary N) is 1. The van der Waals surface area contributed by atoms with Crippen LogP contribution in [-0.4, -0.2) is 18.4 Å². The summed E-state index contributed by atoms with van der Waals surface area (Å²) >= 11 is 3.41. The number of para-hydroxylation sites is 1. The van der Waals surface area contributed by atoms with Crippen molar-refractivity contribution in [1.82, 2.24) is 9.97 Å². The van der Waals surface area contributed by atoms with Gasteiger partial charge in [-0.15, -0.1) is 0 Å². The first kappa shape index (κ1) is 16.0. The van der Waals surface area contributed by atoms with Gasteiger partial charge in [0.15, 0.2) is 0 Å². The number of hydrogen-bond donors (Lipinski definition) is 1. The van der Waals surface area contributed by atoms with Crippen LogP contribution in [0.2, 0.25) is 0 Å². The molecule has 4 aromatic rings. The number of benzene rings is 2. The minimum absolute atomic E-state index is 0.134. The van der Waals surface area contributed by atoms with Crippen molar-refractivity contribution in [2.75, 3.05) is 4.72 Å². The van der Waals surface area contributed by atoms with Crippen molar-refractivity contribution in [2.45, 2.75) is 4.90 Å². The predicted octanol–water partition coefficient (Wildman–Crippen LogP) is 4.35. The fourth-order valence-corrected chi connectivity index (χ4v) is 4.44. The number of hydrogen-bond acceptors (Lipinski definition) is 4. The fourth-order valence-electron chi connectivity index (χ4n) is 2.73. The first-order valence-corrected chi connectivity index (χ1v) is 9.73. The maximum atomic E-state index is 13.0. The number of pyridine rings is 2. The number of fused-ring (bicyclic) bond motifs is 2. The molecule has 2 aromatic carbocycles. The number of nitrogens with zero attached hydrogens (tertiary/aromatic N) is 2. The monoisotopic (exact) mass is 413 g/mol. The van der Waals surface area contributed by atoms with Crippen LogP contribution in [0.5, 0.6) is 0 Å². The van der Waals surface area contributed by atoms with Crippen molar-refractivity contribution >= 4 is 53.4 Å². The largest absolute Gasteiger partial charge is 0.277 e. The molecule has 1 N–H and O–H groups in total. The molecule has 0 spiro atoms. The zero-order valence-electron chi connectivity index (χ0n) is 12.8. The molecule has 7 heteroatoms. The van der Waals surface area contributed by atoms with Gasteiger partial charge < -0.3 is 0 Å². The van der Waals surface area contributed by atoms with E-state index < -0.39 is 10.0 Å². The van der Waals surface area contributed by atoms with Crippen LogP contribution in [0.15, 0.2) is 76.4 Å². The summed E-state index contributed by atoms with van der Waals surface area (Å²) in [6.07, 6.45) is 3.21. The summed E-state index contributed by atoms with van der Waals surface area (Å²) in [5, 5.41) is 1.60. The number of halogens is 1. The second-order valence-electron chi connectivity index (χ2n) is 5.47. The summed E-state index contributed by atoms with van der Waals surface area (Å²) in [5.41, 5.74) is 1.44. The number of rotatable bonds is 3. The lowest BCUT2D eigenvalue weighted by molar-refractivity contribution is 0.602. The molecule has 0 amide bonds. The van der Waals surface area contributed by atoms with Gasteiger partial charge in [0, 0.05) is 27.6 Å². The lowest BCUT2D eigenvalue weighted by Crippen LogP contribution is -2.14. The Hall–Kier alpha value is -2.51. The Labute approximate surface area is 152 Å². The van der Waals surface area contributed by atoms with Gasteiger partial charge in [-0.05, 0) is 30.3 Å². The molecule has 0 aliphatic rings. The molecule has 2 heterocycles. The Morgan fingerprint density at radius 1 is 0.840 bits per heavy atom. The molecule has 0 unspecified atom stereocenters. The average molecular weight is 414 g/mol. The molecule has 0 saturated heterocycles. The van der Waals surface area contributed by atoms with E-state index in [1.54, 1.807) is 36.7 Å². The summed E-state index contributed by atoms with van der Waals surface area (Å²) in [7, 11) is -3.82. The third kappa shape index (κ3) is 2.96. The third-order valence-electron chi connectivity index (χ3n) is 3.80. The SMILES string of the molecule is O=S(=O)(Nc1cc(Br)cc2cccnc12)c1cccc2cccnc12. The molecule has 25 heavy (non-hydrogen) atoms. The van der Waals surface area contributed by atoms with E-state index in [1.807, 2.05) is 30.3 Å². The summed E-state index contributed by atoms with van der Waals surface area (Å²) < 4.78 is 29.4. The van der Waals surface area contributed by atoms with E-state index in [2.05, 4.69) is 30.6 Å². The maximum absolute atomic E-state index is 13.0. The van der Waals surface area contributed by atoms with E-state index in [1.165, 1.54) is 0 Å². The lowest BCUT2D eigenvalue weighted by atomic mass is 10.2. The fraction of sp³-hybridized carbons (Fsp3) is 0. The van der Waals surface area contributed by atoms with Crippen LogP contribution in [0.1, 0.15) is 0 Å². The van der Waals surface area contributed by atoms with Crippen LogP contribution in [0.25, 0.3) is 21.8 Å². The minimum atomic E-state index is -3.82. The van der Waals surface area contributed by atoms with E-state index in [0.717, 1.165) is 15.2 Å². The number of aromatic nitrogens is 2. The summed E-state index contributed by atoms with van der Waals surface area (Å²) in [4.78, 5) is 8.66. The van der Waals surface area contributed by atoms with Crippen molar-refractivity contribution < 1.29 is 8.42 Å². The molecular weight excluding hydrogens is 402 g/mol. The highest BCUT2D eigenvalue weighted by atomic mass is 79.9. The zero-order valence-corrected chi connectivity index (χ0v) is 15.3. The Kier molecular flexibility index (Phi) is 3.89. The lowest BCUT2D eigenvalue weighted by Gasteiger charge is -2.12. The van der Waals surface area contributed by atoms with Crippen molar-refractivity contribution in [3.63, 3.8) is 0 Å². The number of sulfonamides is 1. The van der Waals surface area contributed by atoms with Gasteiger partial charge in [-0.2, -0.15) is 0 Å². The van der Waals surface area contributed by atoms with E-state index in [0.29, 0.717) is 16.7 Å². The van der Waals surface area contributed by atoms with Gasteiger partial charge in [-0.25, -0.2) is 8.42 Å². The van der Waals surface area contributed by atoms with Gasteiger partial charge in [-0.3, -0.25) is 14.7 Å². The average Bonchev–Trinajstić information content (AvgIpc) is 2.61. The predicted molar refractivity (Wildman–Crippen MR) is 102 cm³/mol. The van der Waals surface area contributed by atoms with Crippen LogP contribution >= 0.6 is 15.9 Å². The van der Waals surface area contributed by atoms with Crippen molar-refractivity contribution in [2.24, 2.45) is 0 Å². The molecule has 0 bridgehead atoms. The van der Waals surface area contributed by atoms with Crippen LogP contribution in [0, 0.1) is 0 Å². The summed E-state index contributed by atoms with van der Waals surface area (Å²) in [6.45, 7) is 0. The molecule has 0 fully saturated rings. The molecule has 5 nitrogen and oxygen atoms in total. The highest BCUT2D eigenvalue weighted by Gasteiger charge is 2.20. The molecule has 4 rings (SSSR count). The molecule has 0 radical (unpaired) electrons. The van der Waals surface area contributed by atoms with Gasteiger partial charge in [0.2, 0.25) is 0 Å². The Morgan fingerprint density at radius 2 is 1.52 bits per heavy atom. The second kappa shape index (κ2) is 6.09. The number of anilines is 1. The van der Waals surface area contributed by atoms with Crippen LogP contribution in [0.3, 0.4) is 0 Å². The van der Waals surface area contributed by atoms with E-state index in [-0.39, 0.29) is 4.90 Å². The molecule has 0 aliphatic heterocycles. The molecular formula is C18H12BrN3O2S. The van der Waals surface area contributed by atoms with Crippen molar-refractivity contribution in [3.8, 4) is 0 Å². The maximum Gasteiger partial charge on any atom is 0.264 e. The standard InChI is InChI=1S/C18H12BrN3O2S/c19-14-10-13-6-3-8-20-17(13)15(11-14)22-25(23,24)16-7-1-4-12-5-2-9-21-18(12)16/h1-11,22H. The molecule has 0 aliphatic carbocycles. The quantitative estimate of drug-likeness (QED) is 0.541. The van der Waals surface area contributed by atoms with Crippen LogP contribution < -0.4 is 4.72 Å². The zero-order chi connectivity index (χ0) is 17.4. The van der Waals surface area contributed by atoms with E-state index in [9.17, 15) is 8.42 Å². The highest BCUT2D eigenvalue weighted by molar-refractivity contribution is 9.10. The van der Waals surface area contributed by atoms with Gasteiger partial charge >= 0.3 is 0 Å². The molecule has 124 valence electrons.